The van der Waals surface area contributed by atoms with E-state index in [1.807, 2.05) is 50.2 Å². The lowest BCUT2D eigenvalue weighted by Crippen LogP contribution is -2.03. The van der Waals surface area contributed by atoms with Crippen molar-refractivity contribution in [2.24, 2.45) is 0 Å². The number of aliphatic hydroxyl groups is 1. The van der Waals surface area contributed by atoms with Crippen LogP contribution in [0.3, 0.4) is 0 Å². The van der Waals surface area contributed by atoms with Gasteiger partial charge >= 0.3 is 0 Å². The maximum absolute atomic E-state index is 10.4. The monoisotopic (exact) mass is 290 g/mol. The zero-order valence-corrected chi connectivity index (χ0v) is 11.5. The van der Waals surface area contributed by atoms with Gasteiger partial charge in [0.15, 0.2) is 0 Å². The molecule has 88 valence electrons. The Balaban J connectivity index is 2.47. The minimum absolute atomic E-state index is 0.578. The normalized spacial score (nSPS) is 12.5. The Morgan fingerprint density at radius 1 is 1.00 bits per heavy atom. The lowest BCUT2D eigenvalue weighted by atomic mass is 9.96. The molecule has 2 aromatic rings. The smallest absolute Gasteiger partial charge is 0.105 e. The Morgan fingerprint density at radius 2 is 1.71 bits per heavy atom. The van der Waals surface area contributed by atoms with E-state index in [2.05, 4.69) is 22.0 Å². The predicted octanol–water partition coefficient (Wildman–Crippen LogP) is 4.15. The van der Waals surface area contributed by atoms with Gasteiger partial charge < -0.3 is 5.11 Å². The number of hydrogen-bond donors (Lipinski definition) is 1. The fourth-order valence-electron chi connectivity index (χ4n) is 1.92. The van der Waals surface area contributed by atoms with Crippen LogP contribution >= 0.6 is 15.9 Å². The van der Waals surface area contributed by atoms with E-state index in [1.165, 1.54) is 0 Å². The summed E-state index contributed by atoms with van der Waals surface area (Å²) in [5.74, 6) is 0. The molecule has 0 amide bonds. The second-order valence-electron chi connectivity index (χ2n) is 4.28. The molecule has 0 aromatic heterocycles. The van der Waals surface area contributed by atoms with Crippen molar-refractivity contribution in [3.8, 4) is 0 Å². The number of aryl methyl sites for hydroxylation is 2. The maximum atomic E-state index is 10.4. The molecule has 0 fully saturated rings. The summed E-state index contributed by atoms with van der Waals surface area (Å²) in [4.78, 5) is 0. The Hall–Kier alpha value is -1.12. The van der Waals surface area contributed by atoms with Crippen molar-refractivity contribution in [2.75, 3.05) is 0 Å². The molecule has 0 aliphatic rings. The molecule has 0 radical (unpaired) electrons. The molecule has 0 heterocycles. The summed E-state index contributed by atoms with van der Waals surface area (Å²) in [6, 6.07) is 13.9. The van der Waals surface area contributed by atoms with Gasteiger partial charge in [0.2, 0.25) is 0 Å². The van der Waals surface area contributed by atoms with E-state index in [-0.39, 0.29) is 0 Å². The van der Waals surface area contributed by atoms with Gasteiger partial charge in [-0.15, -0.1) is 0 Å². The van der Waals surface area contributed by atoms with Crippen LogP contribution in [0.5, 0.6) is 0 Å². The first-order valence-electron chi connectivity index (χ1n) is 5.59. The zero-order valence-electron chi connectivity index (χ0n) is 9.94. The first-order valence-corrected chi connectivity index (χ1v) is 6.38. The summed E-state index contributed by atoms with van der Waals surface area (Å²) in [7, 11) is 0. The van der Waals surface area contributed by atoms with Gasteiger partial charge in [-0.25, -0.2) is 0 Å². The Kier molecular flexibility index (Phi) is 3.65. The van der Waals surface area contributed by atoms with Crippen LogP contribution in [0.1, 0.15) is 28.4 Å². The lowest BCUT2D eigenvalue weighted by molar-refractivity contribution is 0.218. The molecule has 0 aliphatic heterocycles. The number of benzene rings is 2. The van der Waals surface area contributed by atoms with Crippen molar-refractivity contribution >= 4 is 15.9 Å². The van der Waals surface area contributed by atoms with Gasteiger partial charge in [-0.05, 0) is 36.6 Å². The van der Waals surface area contributed by atoms with Crippen molar-refractivity contribution in [1.29, 1.82) is 0 Å². The number of halogens is 1. The minimum atomic E-state index is -0.578. The molecule has 0 spiro atoms. The average molecular weight is 291 g/mol. The third-order valence-electron chi connectivity index (χ3n) is 2.93. The van der Waals surface area contributed by atoms with Gasteiger partial charge in [-0.2, -0.15) is 0 Å². The highest BCUT2D eigenvalue weighted by molar-refractivity contribution is 9.10. The van der Waals surface area contributed by atoms with E-state index < -0.39 is 6.10 Å². The van der Waals surface area contributed by atoms with E-state index in [0.717, 1.165) is 26.7 Å². The highest BCUT2D eigenvalue weighted by atomic mass is 79.9. The van der Waals surface area contributed by atoms with E-state index in [9.17, 15) is 5.11 Å². The van der Waals surface area contributed by atoms with Crippen LogP contribution in [0.15, 0.2) is 46.9 Å². The zero-order chi connectivity index (χ0) is 12.4. The third kappa shape index (κ3) is 2.59. The lowest BCUT2D eigenvalue weighted by Gasteiger charge is -2.16. The Labute approximate surface area is 110 Å². The average Bonchev–Trinajstić information content (AvgIpc) is 2.32. The second-order valence-corrected chi connectivity index (χ2v) is 5.14. The van der Waals surface area contributed by atoms with Crippen molar-refractivity contribution < 1.29 is 5.11 Å². The maximum Gasteiger partial charge on any atom is 0.105 e. The first kappa shape index (κ1) is 12.3. The second kappa shape index (κ2) is 5.03. The first-order chi connectivity index (χ1) is 8.09. The molecule has 1 nitrogen and oxygen atoms in total. The summed E-state index contributed by atoms with van der Waals surface area (Å²) >= 11 is 3.48. The van der Waals surface area contributed by atoms with Crippen LogP contribution in [0, 0.1) is 13.8 Å². The standard InChI is InChI=1S/C15H15BrO/c1-10-7-8-11(2)13(9-10)15(17)12-5-3-4-6-14(12)16/h3-9,15,17H,1-2H3/t15-/m1/s1. The van der Waals surface area contributed by atoms with Crippen molar-refractivity contribution in [2.45, 2.75) is 20.0 Å². The minimum Gasteiger partial charge on any atom is -0.384 e. The van der Waals surface area contributed by atoms with Gasteiger partial charge in [0, 0.05) is 4.47 Å². The Bertz CT molecular complexity index is 534. The molecule has 2 rings (SSSR count). The topological polar surface area (TPSA) is 20.2 Å². The number of aliphatic hydroxyl groups excluding tert-OH is 1. The largest absolute Gasteiger partial charge is 0.384 e. The van der Waals surface area contributed by atoms with Crippen LogP contribution in [-0.2, 0) is 0 Å². The van der Waals surface area contributed by atoms with E-state index in [4.69, 9.17) is 0 Å². The van der Waals surface area contributed by atoms with Gasteiger partial charge in [0.25, 0.3) is 0 Å². The molecule has 0 unspecified atom stereocenters. The van der Waals surface area contributed by atoms with Crippen molar-refractivity contribution in [1.82, 2.24) is 0 Å². The summed E-state index contributed by atoms with van der Waals surface area (Å²) in [5, 5.41) is 10.4. The summed E-state index contributed by atoms with van der Waals surface area (Å²) in [6.07, 6.45) is -0.578. The molecule has 1 N–H and O–H groups in total. The highest BCUT2D eigenvalue weighted by Gasteiger charge is 2.15. The van der Waals surface area contributed by atoms with Gasteiger partial charge in [0.05, 0.1) is 0 Å². The molecule has 0 bridgehead atoms. The predicted molar refractivity (Wildman–Crippen MR) is 74.1 cm³/mol. The van der Waals surface area contributed by atoms with Crippen LogP contribution in [0.4, 0.5) is 0 Å². The van der Waals surface area contributed by atoms with Gasteiger partial charge in [-0.3, -0.25) is 0 Å². The molecular formula is C15H15BrO. The number of rotatable bonds is 2. The quantitative estimate of drug-likeness (QED) is 0.881. The summed E-state index contributed by atoms with van der Waals surface area (Å²) < 4.78 is 0.938. The fraction of sp³-hybridized carbons (Fsp3) is 0.200. The van der Waals surface area contributed by atoms with Crippen LogP contribution in [-0.4, -0.2) is 5.11 Å². The molecule has 1 atom stereocenters. The SMILES string of the molecule is Cc1ccc(C)c([C@H](O)c2ccccc2Br)c1. The Morgan fingerprint density at radius 3 is 2.41 bits per heavy atom. The van der Waals surface area contributed by atoms with Gasteiger partial charge in [-0.1, -0.05) is 57.9 Å². The molecule has 17 heavy (non-hydrogen) atoms. The van der Waals surface area contributed by atoms with Crippen LogP contribution < -0.4 is 0 Å². The van der Waals surface area contributed by atoms with Crippen LogP contribution in [0.25, 0.3) is 0 Å². The van der Waals surface area contributed by atoms with Crippen LogP contribution in [0.2, 0.25) is 0 Å². The molecule has 0 aliphatic carbocycles. The summed E-state index contributed by atoms with van der Waals surface area (Å²) in [6.45, 7) is 4.06. The van der Waals surface area contributed by atoms with Crippen molar-refractivity contribution in [3.05, 3.63) is 69.2 Å². The fourth-order valence-corrected chi connectivity index (χ4v) is 2.42. The molecule has 0 saturated heterocycles. The number of hydrogen-bond acceptors (Lipinski definition) is 1. The molecular weight excluding hydrogens is 276 g/mol. The molecule has 2 heteroatoms. The highest BCUT2D eigenvalue weighted by Crippen LogP contribution is 2.30. The van der Waals surface area contributed by atoms with Crippen molar-refractivity contribution in [3.63, 3.8) is 0 Å². The molecule has 2 aromatic carbocycles. The van der Waals surface area contributed by atoms with E-state index in [0.29, 0.717) is 0 Å². The van der Waals surface area contributed by atoms with E-state index >= 15 is 0 Å². The molecule has 0 saturated carbocycles. The third-order valence-corrected chi connectivity index (χ3v) is 3.65. The van der Waals surface area contributed by atoms with Gasteiger partial charge in [0.1, 0.15) is 6.10 Å². The van der Waals surface area contributed by atoms with E-state index in [1.54, 1.807) is 0 Å². The summed E-state index contributed by atoms with van der Waals surface area (Å²) in [5.41, 5.74) is 4.15.